The normalized spacial score (nSPS) is 19.0. The second kappa shape index (κ2) is 6.85. The van der Waals surface area contributed by atoms with Gasteiger partial charge in [-0.2, -0.15) is 5.10 Å². The Morgan fingerprint density at radius 1 is 1.50 bits per heavy atom. The number of ether oxygens (including phenoxy) is 1. The van der Waals surface area contributed by atoms with E-state index in [1.165, 1.54) is 6.42 Å². The van der Waals surface area contributed by atoms with Gasteiger partial charge in [0.15, 0.2) is 0 Å². The quantitative estimate of drug-likeness (QED) is 0.825. The van der Waals surface area contributed by atoms with Crippen molar-refractivity contribution in [2.24, 2.45) is 13.0 Å². The molecule has 1 saturated heterocycles. The first-order chi connectivity index (χ1) is 8.81. The van der Waals surface area contributed by atoms with Crippen LogP contribution in [0.4, 0.5) is 0 Å². The van der Waals surface area contributed by atoms with Gasteiger partial charge in [0.25, 0.3) is 0 Å². The fraction of sp³-hybridized carbons (Fsp3) is 0.846. The van der Waals surface area contributed by atoms with E-state index in [1.54, 1.807) is 6.33 Å². The summed E-state index contributed by atoms with van der Waals surface area (Å²) in [5.41, 5.74) is 0. The van der Waals surface area contributed by atoms with Gasteiger partial charge in [0.1, 0.15) is 12.2 Å². The van der Waals surface area contributed by atoms with Crippen molar-refractivity contribution in [1.29, 1.82) is 0 Å². The second-order valence-corrected chi connectivity index (χ2v) is 5.01. The molecule has 2 heterocycles. The largest absolute Gasteiger partial charge is 0.381 e. The van der Waals surface area contributed by atoms with E-state index in [2.05, 4.69) is 22.3 Å². The van der Waals surface area contributed by atoms with Crippen LogP contribution in [-0.4, -0.2) is 40.6 Å². The number of hydrogen-bond acceptors (Lipinski definition) is 4. The van der Waals surface area contributed by atoms with Crippen LogP contribution in [0.25, 0.3) is 0 Å². The molecule has 0 saturated carbocycles. The summed E-state index contributed by atoms with van der Waals surface area (Å²) in [6.07, 6.45) is 6.06. The van der Waals surface area contributed by atoms with Crippen molar-refractivity contribution in [3.8, 4) is 0 Å². The molecule has 1 fully saturated rings. The van der Waals surface area contributed by atoms with Gasteiger partial charge in [-0.05, 0) is 31.7 Å². The summed E-state index contributed by atoms with van der Waals surface area (Å²) in [6, 6.07) is 0.497. The van der Waals surface area contributed by atoms with Crippen LogP contribution in [0.1, 0.15) is 32.0 Å². The zero-order chi connectivity index (χ0) is 12.8. The highest BCUT2D eigenvalue weighted by molar-refractivity contribution is 4.92. The standard InChI is InChI=1S/C13H24N4O/c1-3-6-14-12(11-4-7-18-8-5-11)9-13-15-10-16-17(13)2/h10-12,14H,3-9H2,1-2H3. The summed E-state index contributed by atoms with van der Waals surface area (Å²) < 4.78 is 7.33. The fourth-order valence-electron chi connectivity index (χ4n) is 2.56. The lowest BCUT2D eigenvalue weighted by Gasteiger charge is -2.30. The van der Waals surface area contributed by atoms with Crippen LogP contribution in [0, 0.1) is 5.92 Å². The maximum absolute atomic E-state index is 5.45. The third-order valence-corrected chi connectivity index (χ3v) is 3.70. The number of nitrogens with one attached hydrogen (secondary N) is 1. The molecule has 0 aromatic carbocycles. The Labute approximate surface area is 109 Å². The summed E-state index contributed by atoms with van der Waals surface area (Å²) in [5.74, 6) is 1.76. The zero-order valence-electron chi connectivity index (χ0n) is 11.4. The van der Waals surface area contributed by atoms with E-state index in [0.29, 0.717) is 12.0 Å². The van der Waals surface area contributed by atoms with Gasteiger partial charge in [0.05, 0.1) is 0 Å². The maximum Gasteiger partial charge on any atom is 0.138 e. The molecule has 2 rings (SSSR count). The molecule has 102 valence electrons. The third-order valence-electron chi connectivity index (χ3n) is 3.70. The molecule has 1 aromatic heterocycles. The fourth-order valence-corrected chi connectivity index (χ4v) is 2.56. The minimum Gasteiger partial charge on any atom is -0.381 e. The van der Waals surface area contributed by atoms with Crippen molar-refractivity contribution in [2.75, 3.05) is 19.8 Å². The number of hydrogen-bond donors (Lipinski definition) is 1. The molecule has 1 aliphatic rings. The van der Waals surface area contributed by atoms with Crippen molar-refractivity contribution < 1.29 is 4.74 Å². The molecule has 0 amide bonds. The second-order valence-electron chi connectivity index (χ2n) is 5.01. The van der Waals surface area contributed by atoms with E-state index in [0.717, 1.165) is 44.8 Å². The molecule has 1 unspecified atom stereocenters. The first kappa shape index (κ1) is 13.5. The molecule has 1 atom stereocenters. The summed E-state index contributed by atoms with van der Waals surface area (Å²) in [4.78, 5) is 4.34. The van der Waals surface area contributed by atoms with Crippen molar-refractivity contribution in [3.63, 3.8) is 0 Å². The van der Waals surface area contributed by atoms with Crippen LogP contribution in [0.15, 0.2) is 6.33 Å². The van der Waals surface area contributed by atoms with E-state index in [-0.39, 0.29) is 0 Å². The molecule has 1 N–H and O–H groups in total. The topological polar surface area (TPSA) is 52.0 Å². The van der Waals surface area contributed by atoms with Crippen LogP contribution in [0.5, 0.6) is 0 Å². The highest BCUT2D eigenvalue weighted by atomic mass is 16.5. The van der Waals surface area contributed by atoms with Gasteiger partial charge in [-0.1, -0.05) is 6.92 Å². The van der Waals surface area contributed by atoms with Crippen LogP contribution < -0.4 is 5.32 Å². The average molecular weight is 252 g/mol. The van der Waals surface area contributed by atoms with Gasteiger partial charge in [-0.25, -0.2) is 4.98 Å². The van der Waals surface area contributed by atoms with Crippen LogP contribution in [0.2, 0.25) is 0 Å². The lowest BCUT2D eigenvalue weighted by molar-refractivity contribution is 0.0534. The highest BCUT2D eigenvalue weighted by Gasteiger charge is 2.24. The van der Waals surface area contributed by atoms with Crippen LogP contribution >= 0.6 is 0 Å². The van der Waals surface area contributed by atoms with E-state index in [4.69, 9.17) is 4.74 Å². The molecular formula is C13H24N4O. The number of rotatable bonds is 6. The van der Waals surface area contributed by atoms with Crippen molar-refractivity contribution in [3.05, 3.63) is 12.2 Å². The monoisotopic (exact) mass is 252 g/mol. The predicted molar refractivity (Wildman–Crippen MR) is 70.3 cm³/mol. The predicted octanol–water partition coefficient (Wildman–Crippen LogP) is 1.15. The minimum absolute atomic E-state index is 0.497. The molecule has 0 spiro atoms. The molecule has 1 aromatic rings. The van der Waals surface area contributed by atoms with Crippen LogP contribution in [-0.2, 0) is 18.2 Å². The van der Waals surface area contributed by atoms with E-state index in [9.17, 15) is 0 Å². The smallest absolute Gasteiger partial charge is 0.138 e. The zero-order valence-corrected chi connectivity index (χ0v) is 11.4. The molecule has 0 bridgehead atoms. The molecule has 0 radical (unpaired) electrons. The SMILES string of the molecule is CCCNC(Cc1ncnn1C)C1CCOCC1. The minimum atomic E-state index is 0.497. The number of nitrogens with zero attached hydrogens (tertiary/aromatic N) is 3. The van der Waals surface area contributed by atoms with Crippen LogP contribution in [0.3, 0.4) is 0 Å². The van der Waals surface area contributed by atoms with Gasteiger partial charge >= 0.3 is 0 Å². The number of aryl methyl sites for hydroxylation is 1. The summed E-state index contributed by atoms with van der Waals surface area (Å²) >= 11 is 0. The maximum atomic E-state index is 5.45. The summed E-state index contributed by atoms with van der Waals surface area (Å²) in [7, 11) is 1.96. The molecule has 0 aliphatic carbocycles. The Morgan fingerprint density at radius 2 is 2.28 bits per heavy atom. The van der Waals surface area contributed by atoms with Gasteiger partial charge in [0, 0.05) is 32.7 Å². The Hall–Kier alpha value is -0.940. The van der Waals surface area contributed by atoms with Gasteiger partial charge in [0.2, 0.25) is 0 Å². The highest BCUT2D eigenvalue weighted by Crippen LogP contribution is 2.21. The Balaban J connectivity index is 1.97. The summed E-state index contributed by atoms with van der Waals surface area (Å²) in [6.45, 7) is 5.07. The molecule has 5 heteroatoms. The molecule has 5 nitrogen and oxygen atoms in total. The van der Waals surface area contributed by atoms with Crippen molar-refractivity contribution in [2.45, 2.75) is 38.6 Å². The Morgan fingerprint density at radius 3 is 2.89 bits per heavy atom. The van der Waals surface area contributed by atoms with E-state index < -0.39 is 0 Å². The first-order valence-electron chi connectivity index (χ1n) is 6.95. The average Bonchev–Trinajstić information content (AvgIpc) is 2.81. The molecular weight excluding hydrogens is 228 g/mol. The van der Waals surface area contributed by atoms with Gasteiger partial charge in [-0.3, -0.25) is 4.68 Å². The third kappa shape index (κ3) is 3.53. The first-order valence-corrected chi connectivity index (χ1v) is 6.95. The Kier molecular flexibility index (Phi) is 5.13. The van der Waals surface area contributed by atoms with Crippen molar-refractivity contribution >= 4 is 0 Å². The van der Waals surface area contributed by atoms with Gasteiger partial charge < -0.3 is 10.1 Å². The van der Waals surface area contributed by atoms with E-state index in [1.807, 2.05) is 11.7 Å². The van der Waals surface area contributed by atoms with Crippen molar-refractivity contribution in [1.82, 2.24) is 20.1 Å². The van der Waals surface area contributed by atoms with Gasteiger partial charge in [-0.15, -0.1) is 0 Å². The number of aromatic nitrogens is 3. The van der Waals surface area contributed by atoms with E-state index >= 15 is 0 Å². The lowest BCUT2D eigenvalue weighted by Crippen LogP contribution is -2.41. The summed E-state index contributed by atoms with van der Waals surface area (Å²) in [5, 5.41) is 7.82. The Bertz CT molecular complexity index is 347. The lowest BCUT2D eigenvalue weighted by atomic mass is 9.89. The molecule has 18 heavy (non-hydrogen) atoms. The molecule has 1 aliphatic heterocycles.